The third-order valence-electron chi connectivity index (χ3n) is 4.08. The van der Waals surface area contributed by atoms with E-state index in [1.165, 1.54) is 6.08 Å². The van der Waals surface area contributed by atoms with Crippen LogP contribution in [0.25, 0.3) is 17.5 Å². The van der Waals surface area contributed by atoms with Gasteiger partial charge in [-0.05, 0) is 32.1 Å². The molecular weight excluding hydrogens is 348 g/mol. The molecule has 0 atom stereocenters. The van der Waals surface area contributed by atoms with E-state index in [2.05, 4.69) is 15.2 Å². The van der Waals surface area contributed by atoms with Crippen molar-refractivity contribution in [2.75, 3.05) is 7.11 Å². The summed E-state index contributed by atoms with van der Waals surface area (Å²) in [4.78, 5) is 16.2. The van der Waals surface area contributed by atoms with Crippen LogP contribution < -0.4 is 4.74 Å². The smallest absolute Gasteiger partial charge is 0.331 e. The Morgan fingerprint density at radius 3 is 2.85 bits per heavy atom. The van der Waals surface area contributed by atoms with Crippen LogP contribution in [0.1, 0.15) is 22.8 Å². The van der Waals surface area contributed by atoms with Crippen LogP contribution in [0.2, 0.25) is 0 Å². The van der Waals surface area contributed by atoms with Crippen molar-refractivity contribution in [3.05, 3.63) is 53.2 Å². The standard InChI is InChI=1S/C19H20N4O4/c1-12-16(13(2)23(3)21-12)8-9-18(24)26-11-17-20-19(22-27-17)14-6-5-7-15(10-14)25-4/h5-10H,11H2,1-4H3/b9-8+. The van der Waals surface area contributed by atoms with Gasteiger partial charge in [-0.25, -0.2) is 4.79 Å². The lowest BCUT2D eigenvalue weighted by Crippen LogP contribution is -2.01. The van der Waals surface area contributed by atoms with Crippen LogP contribution in [-0.4, -0.2) is 33.0 Å². The van der Waals surface area contributed by atoms with Crippen LogP contribution in [0.4, 0.5) is 0 Å². The van der Waals surface area contributed by atoms with Gasteiger partial charge in [0.1, 0.15) is 5.75 Å². The van der Waals surface area contributed by atoms with Crippen LogP contribution in [0.5, 0.6) is 5.75 Å². The monoisotopic (exact) mass is 368 g/mol. The second kappa shape index (κ2) is 7.86. The van der Waals surface area contributed by atoms with Crippen LogP contribution in [0.3, 0.4) is 0 Å². The summed E-state index contributed by atoms with van der Waals surface area (Å²) in [5, 5.41) is 8.19. The predicted molar refractivity (Wildman–Crippen MR) is 97.8 cm³/mol. The molecule has 27 heavy (non-hydrogen) atoms. The van der Waals surface area contributed by atoms with Crippen molar-refractivity contribution in [3.63, 3.8) is 0 Å². The second-order valence-corrected chi connectivity index (χ2v) is 5.89. The highest BCUT2D eigenvalue weighted by molar-refractivity contribution is 5.87. The van der Waals surface area contributed by atoms with Gasteiger partial charge in [-0.1, -0.05) is 17.3 Å². The first kappa shape index (κ1) is 18.4. The van der Waals surface area contributed by atoms with E-state index in [9.17, 15) is 4.79 Å². The van der Waals surface area contributed by atoms with Gasteiger partial charge in [0.15, 0.2) is 6.61 Å². The first-order chi connectivity index (χ1) is 13.0. The Kier molecular flexibility index (Phi) is 5.35. The van der Waals surface area contributed by atoms with Crippen molar-refractivity contribution in [2.45, 2.75) is 20.5 Å². The topological polar surface area (TPSA) is 92.3 Å². The van der Waals surface area contributed by atoms with Gasteiger partial charge in [0.05, 0.1) is 12.8 Å². The van der Waals surface area contributed by atoms with Gasteiger partial charge >= 0.3 is 5.97 Å². The molecule has 0 radical (unpaired) electrons. The Hall–Kier alpha value is -3.42. The minimum atomic E-state index is -0.501. The fraction of sp³-hybridized carbons (Fsp3) is 0.263. The molecule has 0 aliphatic rings. The van der Waals surface area contributed by atoms with Crippen molar-refractivity contribution in [2.24, 2.45) is 7.05 Å². The molecule has 0 unspecified atom stereocenters. The maximum absolute atomic E-state index is 11.9. The van der Waals surface area contributed by atoms with Crippen molar-refractivity contribution >= 4 is 12.0 Å². The lowest BCUT2D eigenvalue weighted by molar-refractivity contribution is -0.139. The molecule has 2 heterocycles. The Labute approximate surface area is 156 Å². The van der Waals surface area contributed by atoms with Crippen molar-refractivity contribution in [1.82, 2.24) is 19.9 Å². The number of nitrogens with zero attached hydrogens (tertiary/aromatic N) is 4. The van der Waals surface area contributed by atoms with E-state index in [0.717, 1.165) is 22.5 Å². The number of hydrogen-bond donors (Lipinski definition) is 0. The summed E-state index contributed by atoms with van der Waals surface area (Å²) in [7, 11) is 3.44. The molecule has 0 aliphatic heterocycles. The van der Waals surface area contributed by atoms with Gasteiger partial charge in [-0.15, -0.1) is 0 Å². The van der Waals surface area contributed by atoms with Gasteiger partial charge in [0, 0.05) is 29.9 Å². The molecule has 0 spiro atoms. The summed E-state index contributed by atoms with van der Waals surface area (Å²) >= 11 is 0. The number of ether oxygens (including phenoxy) is 2. The summed E-state index contributed by atoms with van der Waals surface area (Å²) in [6, 6.07) is 7.29. The third-order valence-corrected chi connectivity index (χ3v) is 4.08. The molecule has 1 aromatic carbocycles. The Bertz CT molecular complexity index is 988. The number of rotatable bonds is 6. The van der Waals surface area contributed by atoms with Gasteiger partial charge in [0.25, 0.3) is 5.89 Å². The van der Waals surface area contributed by atoms with Gasteiger partial charge in [-0.3, -0.25) is 4.68 Å². The normalized spacial score (nSPS) is 11.1. The average Bonchev–Trinajstić information content (AvgIpc) is 3.24. The fourth-order valence-electron chi connectivity index (χ4n) is 2.56. The first-order valence-corrected chi connectivity index (χ1v) is 8.30. The minimum absolute atomic E-state index is 0.106. The van der Waals surface area contributed by atoms with E-state index in [1.807, 2.05) is 39.1 Å². The molecule has 0 N–H and O–H groups in total. The van der Waals surface area contributed by atoms with E-state index in [0.29, 0.717) is 11.6 Å². The van der Waals surface area contributed by atoms with Crippen LogP contribution >= 0.6 is 0 Å². The maximum Gasteiger partial charge on any atom is 0.331 e. The van der Waals surface area contributed by atoms with E-state index in [4.69, 9.17) is 14.0 Å². The summed E-state index contributed by atoms with van der Waals surface area (Å²) in [5.41, 5.74) is 3.46. The Morgan fingerprint density at radius 2 is 2.15 bits per heavy atom. The molecule has 8 heteroatoms. The fourth-order valence-corrected chi connectivity index (χ4v) is 2.56. The van der Waals surface area contributed by atoms with E-state index >= 15 is 0 Å². The number of aryl methyl sites for hydroxylation is 2. The van der Waals surface area contributed by atoms with Gasteiger partial charge in [0.2, 0.25) is 5.82 Å². The zero-order valence-electron chi connectivity index (χ0n) is 15.6. The van der Waals surface area contributed by atoms with Crippen molar-refractivity contribution in [3.8, 4) is 17.1 Å². The van der Waals surface area contributed by atoms with E-state index in [1.54, 1.807) is 23.9 Å². The molecule has 2 aromatic heterocycles. The highest BCUT2D eigenvalue weighted by Gasteiger charge is 2.11. The molecule has 0 saturated carbocycles. The molecule has 0 fully saturated rings. The molecule has 0 bridgehead atoms. The molecule has 0 amide bonds. The number of hydrogen-bond acceptors (Lipinski definition) is 7. The minimum Gasteiger partial charge on any atom is -0.497 e. The molecular formula is C19H20N4O4. The summed E-state index contributed by atoms with van der Waals surface area (Å²) < 4.78 is 17.2. The molecule has 8 nitrogen and oxygen atoms in total. The average molecular weight is 368 g/mol. The van der Waals surface area contributed by atoms with E-state index in [-0.39, 0.29) is 12.5 Å². The largest absolute Gasteiger partial charge is 0.497 e. The number of benzene rings is 1. The second-order valence-electron chi connectivity index (χ2n) is 5.89. The zero-order valence-corrected chi connectivity index (χ0v) is 15.6. The first-order valence-electron chi connectivity index (χ1n) is 8.30. The lowest BCUT2D eigenvalue weighted by Gasteiger charge is -2.00. The van der Waals surface area contributed by atoms with Crippen molar-refractivity contribution < 1.29 is 18.8 Å². The number of esters is 1. The zero-order chi connectivity index (χ0) is 19.4. The third kappa shape index (κ3) is 4.22. The van der Waals surface area contributed by atoms with Crippen LogP contribution in [0, 0.1) is 13.8 Å². The molecule has 140 valence electrons. The number of carbonyl (C=O) groups excluding carboxylic acids is 1. The van der Waals surface area contributed by atoms with Crippen LogP contribution in [0.15, 0.2) is 34.9 Å². The van der Waals surface area contributed by atoms with Gasteiger partial charge in [-0.2, -0.15) is 10.1 Å². The number of methoxy groups -OCH3 is 1. The number of carbonyl (C=O) groups is 1. The summed E-state index contributed by atoms with van der Waals surface area (Å²) in [6.45, 7) is 3.71. The Balaban J connectivity index is 1.61. The lowest BCUT2D eigenvalue weighted by atomic mass is 10.2. The quantitative estimate of drug-likeness (QED) is 0.488. The number of aromatic nitrogens is 4. The molecule has 3 rings (SSSR count). The van der Waals surface area contributed by atoms with Crippen LogP contribution in [-0.2, 0) is 23.2 Å². The Morgan fingerprint density at radius 1 is 1.33 bits per heavy atom. The molecule has 0 aliphatic carbocycles. The predicted octanol–water partition coefficient (Wildman–Crippen LogP) is 2.85. The summed E-state index contributed by atoms with van der Waals surface area (Å²) in [6.07, 6.45) is 3.05. The van der Waals surface area contributed by atoms with Gasteiger partial charge < -0.3 is 14.0 Å². The van der Waals surface area contributed by atoms with E-state index < -0.39 is 5.97 Å². The molecule has 3 aromatic rings. The highest BCUT2D eigenvalue weighted by atomic mass is 16.6. The molecule has 0 saturated heterocycles. The maximum atomic E-state index is 11.9. The SMILES string of the molecule is COc1cccc(-c2noc(COC(=O)/C=C/c3c(C)nn(C)c3C)n2)c1. The van der Waals surface area contributed by atoms with Crippen molar-refractivity contribution in [1.29, 1.82) is 0 Å². The highest BCUT2D eigenvalue weighted by Crippen LogP contribution is 2.21. The summed E-state index contributed by atoms with van der Waals surface area (Å²) in [5.74, 6) is 0.801.